The zero-order valence-corrected chi connectivity index (χ0v) is 14.9. The van der Waals surface area contributed by atoms with Crippen LogP contribution in [0, 0.1) is 0 Å². The second-order valence-electron chi connectivity index (χ2n) is 6.34. The van der Waals surface area contributed by atoms with Gasteiger partial charge in [-0.2, -0.15) is 0 Å². The maximum absolute atomic E-state index is 13.2. The van der Waals surface area contributed by atoms with Crippen LogP contribution in [0.1, 0.15) is 50.4 Å². The third-order valence-electron chi connectivity index (χ3n) is 4.46. The van der Waals surface area contributed by atoms with Crippen LogP contribution in [0.2, 0.25) is 0 Å². The van der Waals surface area contributed by atoms with E-state index < -0.39 is 11.5 Å². The number of carbonyl (C=O) groups excluding carboxylic acids is 1. The molecule has 0 atom stereocenters. The fourth-order valence-electron chi connectivity index (χ4n) is 3.30. The van der Waals surface area contributed by atoms with E-state index in [1.54, 1.807) is 36.7 Å². The van der Waals surface area contributed by atoms with Gasteiger partial charge in [-0.25, -0.2) is 9.78 Å². The van der Waals surface area contributed by atoms with Crippen LogP contribution in [-0.4, -0.2) is 22.1 Å². The number of aromatic nitrogens is 2. The molecule has 3 rings (SSSR count). The minimum Gasteiger partial charge on any atom is -0.464 e. The highest BCUT2D eigenvalue weighted by atomic mass is 32.1. The summed E-state index contributed by atoms with van der Waals surface area (Å²) in [5.41, 5.74) is -0.0320. The van der Waals surface area contributed by atoms with Gasteiger partial charge in [-0.3, -0.25) is 9.36 Å². The zero-order chi connectivity index (χ0) is 16.8. The first-order valence-electron chi connectivity index (χ1n) is 8.15. The van der Waals surface area contributed by atoms with E-state index in [-0.39, 0.29) is 5.56 Å². The maximum atomic E-state index is 13.2. The number of hydrogen-bond acceptors (Lipinski definition) is 5. The predicted molar refractivity (Wildman–Crippen MR) is 91.2 cm³/mol. The molecule has 0 saturated heterocycles. The van der Waals surface area contributed by atoms with E-state index in [1.807, 2.05) is 6.92 Å². The minimum atomic E-state index is -1.06. The van der Waals surface area contributed by atoms with Crippen LogP contribution < -0.4 is 5.56 Å². The molecule has 0 bridgehead atoms. The van der Waals surface area contributed by atoms with Crippen molar-refractivity contribution in [3.63, 3.8) is 0 Å². The quantitative estimate of drug-likeness (QED) is 0.807. The van der Waals surface area contributed by atoms with Crippen LogP contribution in [0.15, 0.2) is 4.79 Å². The summed E-state index contributed by atoms with van der Waals surface area (Å²) in [6.07, 6.45) is 3.64. The maximum Gasteiger partial charge on any atom is 0.331 e. The summed E-state index contributed by atoms with van der Waals surface area (Å²) >= 11 is 1.63. The molecule has 2 heterocycles. The third kappa shape index (κ3) is 2.40. The van der Waals surface area contributed by atoms with Crippen molar-refractivity contribution in [3.8, 4) is 0 Å². The average Bonchev–Trinajstić information content (AvgIpc) is 3.06. The van der Waals surface area contributed by atoms with E-state index in [9.17, 15) is 9.59 Å². The van der Waals surface area contributed by atoms with E-state index in [4.69, 9.17) is 9.72 Å². The van der Waals surface area contributed by atoms with Gasteiger partial charge in [0.2, 0.25) is 0 Å². The largest absolute Gasteiger partial charge is 0.464 e. The van der Waals surface area contributed by atoms with Crippen molar-refractivity contribution < 1.29 is 9.53 Å². The lowest BCUT2D eigenvalue weighted by molar-refractivity contribution is -0.152. The summed E-state index contributed by atoms with van der Waals surface area (Å²) in [5.74, 6) is 0.241. The molecule has 2 aromatic heterocycles. The Kier molecular flexibility index (Phi) is 4.04. The Morgan fingerprint density at radius 1 is 1.35 bits per heavy atom. The van der Waals surface area contributed by atoms with Gasteiger partial charge in [-0.15, -0.1) is 11.3 Å². The topological polar surface area (TPSA) is 61.2 Å². The number of thiophene rings is 1. The molecule has 0 amide bonds. The van der Waals surface area contributed by atoms with Crippen molar-refractivity contribution >= 4 is 27.5 Å². The van der Waals surface area contributed by atoms with Gasteiger partial charge in [0.05, 0.1) is 12.0 Å². The van der Waals surface area contributed by atoms with Crippen LogP contribution in [-0.2, 0) is 34.3 Å². The van der Waals surface area contributed by atoms with Crippen molar-refractivity contribution in [1.29, 1.82) is 0 Å². The van der Waals surface area contributed by atoms with Crippen LogP contribution in [0.5, 0.6) is 0 Å². The molecule has 5 nitrogen and oxygen atoms in total. The Hall–Kier alpha value is -1.69. The normalized spacial score (nSPS) is 14.3. The predicted octanol–water partition coefficient (Wildman–Crippen LogP) is 2.81. The molecule has 6 heteroatoms. The van der Waals surface area contributed by atoms with Crippen molar-refractivity contribution in [2.45, 2.75) is 58.9 Å². The molecule has 1 aliphatic rings. The molecule has 0 fully saturated rings. The molecule has 2 aromatic rings. The Morgan fingerprint density at radius 2 is 2.09 bits per heavy atom. The number of carbonyl (C=O) groups is 1. The van der Waals surface area contributed by atoms with E-state index >= 15 is 0 Å². The third-order valence-corrected chi connectivity index (χ3v) is 5.64. The van der Waals surface area contributed by atoms with Crippen LogP contribution in [0.25, 0.3) is 10.2 Å². The molecule has 0 spiro atoms. The minimum absolute atomic E-state index is 0.107. The summed E-state index contributed by atoms with van der Waals surface area (Å²) in [4.78, 5) is 32.4. The highest BCUT2D eigenvalue weighted by Crippen LogP contribution is 2.35. The molecule has 124 valence electrons. The van der Waals surface area contributed by atoms with Gasteiger partial charge in [0.1, 0.15) is 16.2 Å². The van der Waals surface area contributed by atoms with Crippen LogP contribution >= 0.6 is 11.3 Å². The molecular weight excluding hydrogens is 312 g/mol. The molecule has 1 aliphatic carbocycles. The number of fused-ring (bicyclic) bond motifs is 3. The van der Waals surface area contributed by atoms with Gasteiger partial charge >= 0.3 is 5.97 Å². The second-order valence-corrected chi connectivity index (χ2v) is 7.42. The monoisotopic (exact) mass is 334 g/mol. The Balaban J connectivity index is 2.29. The first-order chi connectivity index (χ1) is 10.9. The first kappa shape index (κ1) is 16.2. The Bertz CT molecular complexity index is 832. The lowest BCUT2D eigenvalue weighted by Crippen LogP contribution is -2.45. The molecule has 0 N–H and O–H groups in total. The van der Waals surface area contributed by atoms with Crippen LogP contribution in [0.4, 0.5) is 0 Å². The summed E-state index contributed by atoms with van der Waals surface area (Å²) in [6, 6.07) is 0. The highest BCUT2D eigenvalue weighted by molar-refractivity contribution is 7.18. The summed E-state index contributed by atoms with van der Waals surface area (Å²) < 4.78 is 6.72. The van der Waals surface area contributed by atoms with Gasteiger partial charge in [-0.05, 0) is 45.6 Å². The fraction of sp³-hybridized carbons (Fsp3) is 0.588. The first-order valence-corrected chi connectivity index (χ1v) is 8.97. The number of rotatable bonds is 4. The van der Waals surface area contributed by atoms with Crippen molar-refractivity contribution in [3.05, 3.63) is 26.6 Å². The van der Waals surface area contributed by atoms with Gasteiger partial charge in [-0.1, -0.05) is 6.92 Å². The molecule has 0 aliphatic heterocycles. The number of nitrogens with zero attached hydrogens (tertiary/aromatic N) is 2. The van der Waals surface area contributed by atoms with Gasteiger partial charge in [0.25, 0.3) is 5.56 Å². The number of aryl methyl sites for hydroxylation is 3. The molecular formula is C17H22N2O3S. The van der Waals surface area contributed by atoms with Gasteiger partial charge in [0, 0.05) is 11.3 Å². The molecule has 0 saturated carbocycles. The lowest BCUT2D eigenvalue weighted by Gasteiger charge is -2.27. The molecule has 0 radical (unpaired) electrons. The Labute approximate surface area is 139 Å². The standard InChI is InChI=1S/C17H22N2O3S/c1-5-12-18-14-13(10-8-7-9-11(10)23-14)15(20)19(12)17(3,4)16(21)22-6-2/h5-9H2,1-4H3. The van der Waals surface area contributed by atoms with E-state index in [1.165, 1.54) is 4.88 Å². The van der Waals surface area contributed by atoms with Crippen molar-refractivity contribution in [2.75, 3.05) is 6.61 Å². The number of esters is 1. The van der Waals surface area contributed by atoms with Gasteiger partial charge in [0.15, 0.2) is 0 Å². The summed E-state index contributed by atoms with van der Waals surface area (Å²) in [6.45, 7) is 7.47. The van der Waals surface area contributed by atoms with Crippen LogP contribution in [0.3, 0.4) is 0 Å². The Morgan fingerprint density at radius 3 is 2.74 bits per heavy atom. The molecule has 0 unspecified atom stereocenters. The highest BCUT2D eigenvalue weighted by Gasteiger charge is 2.36. The molecule has 0 aromatic carbocycles. The fourth-order valence-corrected chi connectivity index (χ4v) is 4.57. The van der Waals surface area contributed by atoms with Gasteiger partial charge < -0.3 is 4.74 Å². The number of hydrogen-bond donors (Lipinski definition) is 0. The molecule has 23 heavy (non-hydrogen) atoms. The SMILES string of the molecule is CCOC(=O)C(C)(C)n1c(CC)nc2sc3c(c2c1=O)CCC3. The van der Waals surface area contributed by atoms with E-state index in [0.29, 0.717) is 24.2 Å². The van der Waals surface area contributed by atoms with E-state index in [2.05, 4.69) is 0 Å². The second kappa shape index (κ2) is 5.74. The van der Waals surface area contributed by atoms with Crippen molar-refractivity contribution in [1.82, 2.24) is 9.55 Å². The number of ether oxygens (including phenoxy) is 1. The summed E-state index contributed by atoms with van der Waals surface area (Å²) in [5, 5.41) is 0.706. The van der Waals surface area contributed by atoms with E-state index in [0.717, 1.165) is 29.7 Å². The average molecular weight is 334 g/mol. The van der Waals surface area contributed by atoms with Crippen molar-refractivity contribution in [2.24, 2.45) is 0 Å². The zero-order valence-electron chi connectivity index (χ0n) is 14.1. The summed E-state index contributed by atoms with van der Waals surface area (Å²) in [7, 11) is 0. The lowest BCUT2D eigenvalue weighted by atomic mass is 10.0. The smallest absolute Gasteiger partial charge is 0.331 e.